The van der Waals surface area contributed by atoms with Gasteiger partial charge in [0.1, 0.15) is 0 Å². The highest BCUT2D eigenvalue weighted by atomic mass is 32.2. The monoisotopic (exact) mass is 212 g/mol. The Labute approximate surface area is 72.7 Å². The van der Waals surface area contributed by atoms with Crippen molar-refractivity contribution in [2.45, 2.75) is 0 Å². The number of halogens is 1. The molecule has 1 N–H and O–H groups in total. The summed E-state index contributed by atoms with van der Waals surface area (Å²) < 4.78 is 44.4. The summed E-state index contributed by atoms with van der Waals surface area (Å²) in [6.07, 6.45) is 2.10. The molecule has 4 nitrogen and oxygen atoms in total. The second kappa shape index (κ2) is 7.24. The van der Waals surface area contributed by atoms with Gasteiger partial charge in [-0.3, -0.25) is 4.52 Å². The Morgan fingerprint density at radius 2 is 2.42 bits per heavy atom. The summed E-state index contributed by atoms with van der Waals surface area (Å²) in [6, 6.07) is 0. The molecule has 7 heteroatoms. The third-order valence-electron chi connectivity index (χ3n) is 0.841. The molecule has 1 unspecified atom stereocenters. The Kier molecular flexibility index (Phi) is 6.99. The number of rotatable bonds is 5. The smallest absolute Gasteiger partial charge is 0.302 e. The average Bonchev–Trinajstić information content (AvgIpc) is 2.03. The van der Waals surface area contributed by atoms with Crippen LogP contribution in [0.2, 0.25) is 0 Å². The van der Waals surface area contributed by atoms with Crippen LogP contribution in [0.5, 0.6) is 0 Å². The first-order valence-electron chi connectivity index (χ1n) is 2.74. The largest absolute Gasteiger partial charge is 0.327 e. The Morgan fingerprint density at radius 1 is 1.75 bits per heavy atom. The summed E-state index contributed by atoms with van der Waals surface area (Å²) in [5.74, 6) is 0. The molecule has 0 rings (SSSR count). The molecular weight excluding hydrogens is 206 g/mol. The van der Waals surface area contributed by atoms with Gasteiger partial charge < -0.3 is 4.55 Å². The number of hydrogen-bond acceptors (Lipinski definition) is 3. The van der Waals surface area contributed by atoms with Crippen molar-refractivity contribution in [3.8, 4) is 0 Å². The van der Waals surface area contributed by atoms with Gasteiger partial charge in [0.05, 0.1) is 17.8 Å². The average molecular weight is 212 g/mol. The first-order chi connectivity index (χ1) is 5.72. The van der Waals surface area contributed by atoms with Crippen LogP contribution in [0.1, 0.15) is 0 Å². The van der Waals surface area contributed by atoms with Gasteiger partial charge in [-0.25, -0.2) is 13.2 Å². The fourth-order valence-corrected chi connectivity index (χ4v) is 0.923. The zero-order valence-corrected chi connectivity index (χ0v) is 7.56. The van der Waals surface area contributed by atoms with E-state index in [1.165, 1.54) is 0 Å². The third kappa shape index (κ3) is 5.26. The fraction of sp³-hybridized carbons (Fsp3) is 0.200. The molecule has 0 aliphatic heterocycles. The van der Waals surface area contributed by atoms with Crippen LogP contribution in [0.4, 0.5) is 4.39 Å². The molecular formula is C5H6FO4PS. The molecule has 0 aromatic rings. The summed E-state index contributed by atoms with van der Waals surface area (Å²) in [7, 11) is -0.530. The van der Waals surface area contributed by atoms with Gasteiger partial charge in [-0.2, -0.15) is 0 Å². The zero-order valence-electron chi connectivity index (χ0n) is 5.84. The lowest BCUT2D eigenvalue weighted by Crippen LogP contribution is -1.91. The summed E-state index contributed by atoms with van der Waals surface area (Å²) in [5.41, 5.74) is 0. The van der Waals surface area contributed by atoms with Crippen molar-refractivity contribution >= 4 is 19.8 Å². The van der Waals surface area contributed by atoms with Crippen molar-refractivity contribution in [3.63, 3.8) is 0 Å². The molecule has 68 valence electrons. The van der Waals surface area contributed by atoms with Gasteiger partial charge in [-0.1, -0.05) is 0 Å². The van der Waals surface area contributed by atoms with Crippen molar-refractivity contribution < 1.29 is 22.2 Å². The molecule has 12 heavy (non-hydrogen) atoms. The van der Waals surface area contributed by atoms with Gasteiger partial charge in [-0.15, -0.1) is 0 Å². The van der Waals surface area contributed by atoms with Crippen LogP contribution in [-0.4, -0.2) is 15.4 Å². The van der Waals surface area contributed by atoms with Crippen molar-refractivity contribution in [2.75, 3.05) is 6.61 Å². The topological polar surface area (TPSA) is 63.6 Å². The standard InChI is InChI=1S/C5H6FO4PS/c6-3-1-5(12(8)9)2-4-10-11-7/h1-3H,4H2,(H,8,9). The van der Waals surface area contributed by atoms with E-state index in [0.29, 0.717) is 0 Å². The van der Waals surface area contributed by atoms with E-state index in [1.54, 1.807) is 0 Å². The summed E-state index contributed by atoms with van der Waals surface area (Å²) in [5, 5.41) is 0. The molecule has 0 aliphatic rings. The molecule has 0 aromatic carbocycles. The van der Waals surface area contributed by atoms with Crippen LogP contribution in [-0.2, 0) is 20.2 Å². The van der Waals surface area contributed by atoms with Crippen molar-refractivity contribution in [1.29, 1.82) is 0 Å². The normalized spacial score (nSPS) is 15.7. The summed E-state index contributed by atoms with van der Waals surface area (Å²) in [4.78, 5) is -0.138. The lowest BCUT2D eigenvalue weighted by Gasteiger charge is -1.92. The molecule has 0 amide bonds. The van der Waals surface area contributed by atoms with Gasteiger partial charge >= 0.3 is 8.69 Å². The van der Waals surface area contributed by atoms with E-state index in [9.17, 15) is 13.2 Å². The Balaban J connectivity index is 4.18. The Bertz CT molecular complexity index is 227. The zero-order chi connectivity index (χ0) is 9.40. The second-order valence-corrected chi connectivity index (χ2v) is 2.90. The van der Waals surface area contributed by atoms with E-state index >= 15 is 0 Å². The van der Waals surface area contributed by atoms with Crippen LogP contribution in [0.15, 0.2) is 23.4 Å². The molecule has 0 fully saturated rings. The minimum absolute atomic E-state index is 0.114. The Morgan fingerprint density at radius 3 is 2.83 bits per heavy atom. The summed E-state index contributed by atoms with van der Waals surface area (Å²) in [6.45, 7) is -0.114. The molecule has 0 saturated heterocycles. The molecule has 0 aliphatic carbocycles. The molecule has 0 bridgehead atoms. The predicted octanol–water partition coefficient (Wildman–Crippen LogP) is 1.80. The molecule has 0 spiro atoms. The lowest BCUT2D eigenvalue weighted by molar-refractivity contribution is 0.387. The highest BCUT2D eigenvalue weighted by molar-refractivity contribution is 7.83. The minimum atomic E-state index is -2.26. The third-order valence-corrected chi connectivity index (χ3v) is 1.80. The maximum Gasteiger partial charge on any atom is 0.327 e. The van der Waals surface area contributed by atoms with Gasteiger partial charge in [-0.05, 0) is 12.2 Å². The van der Waals surface area contributed by atoms with Gasteiger partial charge in [0, 0.05) is 0 Å². The van der Waals surface area contributed by atoms with Crippen LogP contribution in [0.3, 0.4) is 0 Å². The van der Waals surface area contributed by atoms with E-state index in [1.807, 2.05) is 0 Å². The first-order valence-corrected chi connectivity index (χ1v) is 4.58. The fourth-order valence-electron chi connectivity index (χ4n) is 0.409. The van der Waals surface area contributed by atoms with Crippen molar-refractivity contribution in [3.05, 3.63) is 23.4 Å². The molecule has 0 radical (unpaired) electrons. The summed E-state index contributed by atoms with van der Waals surface area (Å²) >= 11 is -2.26. The van der Waals surface area contributed by atoms with Crippen LogP contribution in [0, 0.1) is 0 Å². The number of hydrogen-bond donors (Lipinski definition) is 1. The van der Waals surface area contributed by atoms with E-state index in [-0.39, 0.29) is 17.8 Å². The quantitative estimate of drug-likeness (QED) is 0.326. The molecule has 0 saturated carbocycles. The predicted molar refractivity (Wildman–Crippen MR) is 42.7 cm³/mol. The van der Waals surface area contributed by atoms with E-state index < -0.39 is 19.8 Å². The molecule has 0 aromatic heterocycles. The van der Waals surface area contributed by atoms with E-state index in [4.69, 9.17) is 4.55 Å². The van der Waals surface area contributed by atoms with E-state index in [2.05, 4.69) is 4.52 Å². The van der Waals surface area contributed by atoms with Crippen LogP contribution < -0.4 is 0 Å². The molecule has 1 atom stereocenters. The van der Waals surface area contributed by atoms with Gasteiger partial charge in [0.15, 0.2) is 11.1 Å². The second-order valence-electron chi connectivity index (χ2n) is 1.52. The maximum absolute atomic E-state index is 11.5. The van der Waals surface area contributed by atoms with E-state index in [0.717, 1.165) is 12.2 Å². The molecule has 0 heterocycles. The van der Waals surface area contributed by atoms with Crippen LogP contribution >= 0.6 is 8.69 Å². The number of allylic oxidation sites excluding steroid dienone is 1. The highest BCUT2D eigenvalue weighted by Gasteiger charge is 1.98. The van der Waals surface area contributed by atoms with Crippen molar-refractivity contribution in [1.82, 2.24) is 0 Å². The van der Waals surface area contributed by atoms with Crippen LogP contribution in [0.25, 0.3) is 0 Å². The SMILES string of the molecule is O=POCC=C(C=CF)S(=O)O. The Hall–Kier alpha value is -0.420. The first kappa shape index (κ1) is 11.6. The van der Waals surface area contributed by atoms with Crippen molar-refractivity contribution in [2.24, 2.45) is 0 Å². The minimum Gasteiger partial charge on any atom is -0.302 e. The lowest BCUT2D eigenvalue weighted by atomic mass is 10.5. The maximum atomic E-state index is 11.5. The van der Waals surface area contributed by atoms with Gasteiger partial charge in [0.2, 0.25) is 0 Å². The highest BCUT2D eigenvalue weighted by Crippen LogP contribution is 2.03. The van der Waals surface area contributed by atoms with Gasteiger partial charge in [0.25, 0.3) is 0 Å².